The average molecular weight is 634 g/mol. The maximum Gasteiger partial charge on any atom is 0.302 e. The number of para-hydroxylation sites is 2. The Morgan fingerprint density at radius 2 is 1.63 bits per heavy atom. The van der Waals surface area contributed by atoms with Crippen LogP contribution >= 0.6 is 0 Å². The van der Waals surface area contributed by atoms with Crippen LogP contribution in [0.1, 0.15) is 113 Å². The number of ether oxygens (including phenoxy) is 1. The lowest BCUT2D eigenvalue weighted by molar-refractivity contribution is -0.210. The lowest BCUT2D eigenvalue weighted by Crippen LogP contribution is -2.66. The maximum atomic E-state index is 14.7. The molecule has 0 aromatic heterocycles. The fourth-order valence-corrected chi connectivity index (χ4v) is 11.8. The third-order valence-corrected chi connectivity index (χ3v) is 14.7. The summed E-state index contributed by atoms with van der Waals surface area (Å²) in [6, 6.07) is 6.47. The molecule has 4 fully saturated rings. The van der Waals surface area contributed by atoms with Crippen LogP contribution in [-0.2, 0) is 19.1 Å². The van der Waals surface area contributed by atoms with Gasteiger partial charge >= 0.3 is 5.97 Å². The smallest absolute Gasteiger partial charge is 0.302 e. The summed E-state index contributed by atoms with van der Waals surface area (Å²) >= 11 is 0. The van der Waals surface area contributed by atoms with Crippen LogP contribution in [-0.4, -0.2) is 29.0 Å². The van der Waals surface area contributed by atoms with Crippen molar-refractivity contribution in [2.75, 3.05) is 10.5 Å². The van der Waals surface area contributed by atoms with Crippen LogP contribution in [0.5, 0.6) is 0 Å². The highest BCUT2D eigenvalue weighted by Crippen LogP contribution is 2.75. The number of benzene rings is 1. The number of allylic oxidation sites excluding steroid dienone is 2. The van der Waals surface area contributed by atoms with E-state index >= 15 is 0 Å². The molecule has 9 unspecified atom stereocenters. The van der Waals surface area contributed by atoms with E-state index in [1.165, 1.54) is 18.6 Å². The first-order chi connectivity index (χ1) is 21.3. The van der Waals surface area contributed by atoms with E-state index in [2.05, 4.69) is 46.9 Å². The minimum atomic E-state index is -0.705. The standard InChI is InChI=1S/C38H53N2O6/c1-23(41)46-30-14-15-36(6)29(33(30,2)3)13-16-38(8)31(36)28(42)21-24-25-22-35(5,18-17-34(25,4)19-20-37(24,38)7)32(43)39-26-11-9-10-12-27(26)40(44)45/h9-12,21,25,29-31,44H,13-20,22H2,1-8H3,(H,39,43)/q-1. The minimum absolute atomic E-state index is 0.000874. The topological polar surface area (TPSA) is 119 Å². The number of rotatable bonds is 4. The minimum Gasteiger partial charge on any atom is -0.733 e. The number of carbonyl (C=O) groups excluding carboxylic acids is 3. The van der Waals surface area contributed by atoms with Crippen LogP contribution in [0, 0.1) is 55.5 Å². The molecule has 5 aliphatic carbocycles. The molecule has 0 spiro atoms. The molecule has 252 valence electrons. The molecule has 0 saturated heterocycles. The molecule has 6 rings (SSSR count). The predicted molar refractivity (Wildman–Crippen MR) is 178 cm³/mol. The first-order valence-corrected chi connectivity index (χ1v) is 17.3. The van der Waals surface area contributed by atoms with E-state index in [1.54, 1.807) is 18.2 Å². The van der Waals surface area contributed by atoms with Gasteiger partial charge in [0.2, 0.25) is 5.91 Å². The molecule has 8 heteroatoms. The van der Waals surface area contributed by atoms with Crippen molar-refractivity contribution in [3.05, 3.63) is 41.1 Å². The number of anilines is 2. The van der Waals surface area contributed by atoms with Gasteiger partial charge in [0.05, 0.1) is 11.4 Å². The molecule has 46 heavy (non-hydrogen) atoms. The van der Waals surface area contributed by atoms with E-state index in [-0.39, 0.29) is 85.2 Å². The second-order valence-electron chi connectivity index (χ2n) is 17.5. The normalized spacial score (nSPS) is 42.7. The lowest BCUT2D eigenvalue weighted by atomic mass is 9.33. The van der Waals surface area contributed by atoms with E-state index in [0.29, 0.717) is 12.8 Å². The highest BCUT2D eigenvalue weighted by Gasteiger charge is 2.70. The molecule has 4 saturated carbocycles. The molecule has 1 aromatic rings. The van der Waals surface area contributed by atoms with Gasteiger partial charge in [0.15, 0.2) is 5.78 Å². The molecule has 0 heterocycles. The summed E-state index contributed by atoms with van der Waals surface area (Å²) in [6.45, 7) is 17.4. The Morgan fingerprint density at radius 3 is 2.30 bits per heavy atom. The van der Waals surface area contributed by atoms with Gasteiger partial charge in [0, 0.05) is 23.7 Å². The van der Waals surface area contributed by atoms with Gasteiger partial charge in [-0.3, -0.25) is 19.6 Å². The summed E-state index contributed by atoms with van der Waals surface area (Å²) in [6.07, 6.45) is 9.74. The van der Waals surface area contributed by atoms with Crippen molar-refractivity contribution in [1.82, 2.24) is 0 Å². The van der Waals surface area contributed by atoms with Crippen LogP contribution in [0.2, 0.25) is 0 Å². The third-order valence-electron chi connectivity index (χ3n) is 14.7. The zero-order valence-corrected chi connectivity index (χ0v) is 29.0. The third kappa shape index (κ3) is 4.63. The summed E-state index contributed by atoms with van der Waals surface area (Å²) in [4.78, 5) is 40.6. The van der Waals surface area contributed by atoms with Gasteiger partial charge in [-0.25, -0.2) is 0 Å². The van der Waals surface area contributed by atoms with E-state index in [4.69, 9.17) is 4.74 Å². The molecule has 5 aliphatic rings. The second kappa shape index (κ2) is 10.6. The SMILES string of the molecule is CC(=O)OC1CCC2(C)C(CCC3(C)C2C(=O)C=C2C4CC(C)(C(=O)Nc5ccccc5N([O-])O)CCC4(C)CCC23C)C1(C)C. The molecule has 1 aromatic carbocycles. The van der Waals surface area contributed by atoms with Gasteiger partial charge in [0.25, 0.3) is 0 Å². The van der Waals surface area contributed by atoms with Gasteiger partial charge in [0.1, 0.15) is 6.10 Å². The average Bonchev–Trinajstić information content (AvgIpc) is 2.96. The predicted octanol–water partition coefficient (Wildman–Crippen LogP) is 8.23. The first-order valence-electron chi connectivity index (χ1n) is 17.3. The number of carbonyl (C=O) groups is 3. The van der Waals surface area contributed by atoms with Crippen LogP contribution < -0.4 is 10.5 Å². The van der Waals surface area contributed by atoms with Crippen molar-refractivity contribution in [3.8, 4) is 0 Å². The highest BCUT2D eigenvalue weighted by atomic mass is 16.8. The number of hydrogen-bond acceptors (Lipinski definition) is 7. The fraction of sp³-hybridized carbons (Fsp3) is 0.711. The molecule has 1 amide bonds. The molecule has 0 bridgehead atoms. The van der Waals surface area contributed by atoms with Crippen LogP contribution in [0.4, 0.5) is 11.4 Å². The Kier molecular flexibility index (Phi) is 7.68. The highest BCUT2D eigenvalue weighted by molar-refractivity contribution is 5.98. The van der Waals surface area contributed by atoms with Crippen molar-refractivity contribution in [2.24, 2.45) is 50.2 Å². The van der Waals surface area contributed by atoms with Crippen molar-refractivity contribution >= 4 is 29.0 Å². The molecule has 0 radical (unpaired) electrons. The van der Waals surface area contributed by atoms with Gasteiger partial charge in [-0.2, -0.15) is 0 Å². The number of esters is 1. The Hall–Kier alpha value is -2.71. The fourth-order valence-electron chi connectivity index (χ4n) is 11.8. The Bertz CT molecular complexity index is 1480. The molecule has 8 nitrogen and oxygen atoms in total. The Morgan fingerprint density at radius 1 is 0.957 bits per heavy atom. The van der Waals surface area contributed by atoms with Crippen LogP contribution in [0.15, 0.2) is 35.9 Å². The number of hydrogen-bond donors (Lipinski definition) is 2. The van der Waals surface area contributed by atoms with Crippen LogP contribution in [0.25, 0.3) is 0 Å². The molecule has 9 atom stereocenters. The summed E-state index contributed by atoms with van der Waals surface area (Å²) in [5, 5.41) is 24.1. The summed E-state index contributed by atoms with van der Waals surface area (Å²) in [7, 11) is 0. The maximum absolute atomic E-state index is 14.7. The number of nitrogens with zero attached hydrogens (tertiary/aromatic N) is 1. The van der Waals surface area contributed by atoms with Gasteiger partial charge in [-0.15, -0.1) is 0 Å². The van der Waals surface area contributed by atoms with Gasteiger partial charge < -0.3 is 20.5 Å². The van der Waals surface area contributed by atoms with E-state index < -0.39 is 5.41 Å². The zero-order valence-electron chi connectivity index (χ0n) is 29.0. The zero-order chi connectivity index (χ0) is 33.7. The number of fused-ring (bicyclic) bond motifs is 7. The Labute approximate surface area is 274 Å². The first kappa shape index (κ1) is 33.2. The summed E-state index contributed by atoms with van der Waals surface area (Å²) < 4.78 is 5.86. The summed E-state index contributed by atoms with van der Waals surface area (Å²) in [5.74, 6) is 0.0709. The monoisotopic (exact) mass is 633 g/mol. The molecule has 0 aliphatic heterocycles. The van der Waals surface area contributed by atoms with Crippen molar-refractivity contribution in [3.63, 3.8) is 0 Å². The van der Waals surface area contributed by atoms with Crippen molar-refractivity contribution < 1.29 is 24.3 Å². The van der Waals surface area contributed by atoms with Gasteiger partial charge in [-0.1, -0.05) is 66.2 Å². The number of amides is 1. The quantitative estimate of drug-likeness (QED) is 0.253. The van der Waals surface area contributed by atoms with Crippen molar-refractivity contribution in [2.45, 2.75) is 119 Å². The molecule has 2 N–H and O–H groups in total. The van der Waals surface area contributed by atoms with E-state index in [0.717, 1.165) is 44.9 Å². The number of nitrogens with one attached hydrogen (secondary N) is 1. The van der Waals surface area contributed by atoms with E-state index in [1.807, 2.05) is 13.0 Å². The van der Waals surface area contributed by atoms with E-state index in [9.17, 15) is 24.8 Å². The lowest BCUT2D eigenvalue weighted by Gasteiger charge is -2.70. The largest absolute Gasteiger partial charge is 0.733 e. The second-order valence-corrected chi connectivity index (χ2v) is 17.5. The van der Waals surface area contributed by atoms with Crippen molar-refractivity contribution in [1.29, 1.82) is 0 Å². The molecular formula is C38H53N2O6-. The van der Waals surface area contributed by atoms with Crippen LogP contribution in [0.3, 0.4) is 0 Å². The van der Waals surface area contributed by atoms with Gasteiger partial charge in [-0.05, 0) is 109 Å². The number of ketones is 1. The summed E-state index contributed by atoms with van der Waals surface area (Å²) in [5.41, 5.74) is -0.0246. The molecular weight excluding hydrogens is 580 g/mol. The Balaban J connectivity index is 1.34.